The number of carboxylic acid groups (broad SMARTS) is 1. The van der Waals surface area contributed by atoms with Gasteiger partial charge in [-0.25, -0.2) is 4.79 Å². The van der Waals surface area contributed by atoms with Crippen molar-refractivity contribution in [2.24, 2.45) is 5.92 Å². The summed E-state index contributed by atoms with van der Waals surface area (Å²) in [7, 11) is 0. The van der Waals surface area contributed by atoms with Gasteiger partial charge in [0.15, 0.2) is 0 Å². The van der Waals surface area contributed by atoms with Gasteiger partial charge in [0, 0.05) is 25.0 Å². The minimum absolute atomic E-state index is 0.0782. The Morgan fingerprint density at radius 1 is 1.09 bits per heavy atom. The smallest absolute Gasteiger partial charge is 0.407 e. The molecule has 0 aromatic heterocycles. The Morgan fingerprint density at radius 2 is 1.71 bits per heavy atom. The molecule has 4 rings (SSSR count). The number of hydrogen-bond donors (Lipinski definition) is 3. The van der Waals surface area contributed by atoms with Gasteiger partial charge in [0.2, 0.25) is 5.91 Å². The second-order valence-corrected chi connectivity index (χ2v) is 9.30. The first-order valence-corrected chi connectivity index (χ1v) is 11.5. The van der Waals surface area contributed by atoms with E-state index in [2.05, 4.69) is 10.6 Å². The molecule has 180 valence electrons. The number of alkyl carbamates (subject to hydrolysis) is 1. The highest BCUT2D eigenvalue weighted by molar-refractivity contribution is 5.89. The van der Waals surface area contributed by atoms with E-state index in [1.807, 2.05) is 62.4 Å². The molecule has 0 spiro atoms. The summed E-state index contributed by atoms with van der Waals surface area (Å²) < 4.78 is 11.1. The highest BCUT2D eigenvalue weighted by Crippen LogP contribution is 2.44. The van der Waals surface area contributed by atoms with Crippen molar-refractivity contribution < 1.29 is 29.0 Å². The van der Waals surface area contributed by atoms with Crippen LogP contribution in [0.2, 0.25) is 0 Å². The zero-order valence-electron chi connectivity index (χ0n) is 19.4. The van der Waals surface area contributed by atoms with Crippen molar-refractivity contribution in [3.05, 3.63) is 59.7 Å². The van der Waals surface area contributed by atoms with E-state index in [4.69, 9.17) is 9.47 Å². The molecule has 3 N–H and O–H groups in total. The van der Waals surface area contributed by atoms with Crippen LogP contribution in [-0.2, 0) is 19.1 Å². The Hall–Kier alpha value is -3.39. The van der Waals surface area contributed by atoms with Gasteiger partial charge in [0.1, 0.15) is 12.6 Å². The van der Waals surface area contributed by atoms with E-state index in [1.165, 1.54) is 0 Å². The number of amides is 2. The van der Waals surface area contributed by atoms with Crippen molar-refractivity contribution in [3.63, 3.8) is 0 Å². The minimum atomic E-state index is -1.24. The topological polar surface area (TPSA) is 114 Å². The van der Waals surface area contributed by atoms with Crippen LogP contribution < -0.4 is 10.6 Å². The van der Waals surface area contributed by atoms with E-state index in [0.717, 1.165) is 28.7 Å². The fraction of sp³-hybridized carbons (Fsp3) is 0.423. The third-order valence-electron chi connectivity index (χ3n) is 6.78. The number of carboxylic acids is 1. The van der Waals surface area contributed by atoms with Gasteiger partial charge in [-0.15, -0.1) is 0 Å². The van der Waals surface area contributed by atoms with Crippen molar-refractivity contribution in [3.8, 4) is 11.1 Å². The van der Waals surface area contributed by atoms with Gasteiger partial charge in [-0.2, -0.15) is 0 Å². The van der Waals surface area contributed by atoms with Crippen LogP contribution in [-0.4, -0.2) is 54.5 Å². The maximum Gasteiger partial charge on any atom is 0.407 e. The normalized spacial score (nSPS) is 19.1. The summed E-state index contributed by atoms with van der Waals surface area (Å²) in [6, 6.07) is 14.7. The molecule has 2 aromatic carbocycles. The van der Waals surface area contributed by atoms with Gasteiger partial charge in [-0.1, -0.05) is 48.5 Å². The van der Waals surface area contributed by atoms with Crippen molar-refractivity contribution >= 4 is 18.0 Å². The average Bonchev–Trinajstić information content (AvgIpc) is 3.31. The quantitative estimate of drug-likeness (QED) is 0.550. The molecule has 0 bridgehead atoms. The van der Waals surface area contributed by atoms with Crippen LogP contribution in [0.1, 0.15) is 43.7 Å². The lowest BCUT2D eigenvalue weighted by Gasteiger charge is -2.26. The van der Waals surface area contributed by atoms with Gasteiger partial charge in [-0.05, 0) is 42.5 Å². The number of fused-ring (bicyclic) bond motifs is 3. The van der Waals surface area contributed by atoms with Crippen LogP contribution in [0.3, 0.4) is 0 Å². The molecule has 1 heterocycles. The number of carbonyl (C=O) groups excluding carboxylic acids is 2. The van der Waals surface area contributed by atoms with Crippen LogP contribution in [0.5, 0.6) is 0 Å². The van der Waals surface area contributed by atoms with E-state index in [9.17, 15) is 19.5 Å². The number of carbonyl (C=O) groups is 3. The lowest BCUT2D eigenvalue weighted by Crippen LogP contribution is -2.50. The van der Waals surface area contributed by atoms with E-state index < -0.39 is 30.4 Å². The molecule has 2 unspecified atom stereocenters. The number of ether oxygens (including phenoxy) is 2. The molecule has 1 saturated heterocycles. The van der Waals surface area contributed by atoms with Crippen LogP contribution in [0.25, 0.3) is 11.1 Å². The number of rotatable bonds is 8. The van der Waals surface area contributed by atoms with Gasteiger partial charge in [0.25, 0.3) is 0 Å². The summed E-state index contributed by atoms with van der Waals surface area (Å²) in [5.74, 6) is -1.77. The minimum Gasteiger partial charge on any atom is -0.481 e. The Bertz CT molecular complexity index is 1040. The van der Waals surface area contributed by atoms with E-state index in [1.54, 1.807) is 0 Å². The van der Waals surface area contributed by atoms with Gasteiger partial charge >= 0.3 is 12.1 Å². The molecule has 1 aliphatic heterocycles. The highest BCUT2D eigenvalue weighted by atomic mass is 16.5. The molecular formula is C26H30N2O6. The Labute approximate surface area is 198 Å². The largest absolute Gasteiger partial charge is 0.481 e. The fourth-order valence-electron chi connectivity index (χ4n) is 4.79. The molecule has 1 aliphatic carbocycles. The Balaban J connectivity index is 1.37. The zero-order valence-corrected chi connectivity index (χ0v) is 19.4. The summed E-state index contributed by atoms with van der Waals surface area (Å²) in [5, 5.41) is 14.4. The SMILES string of the molecule is CC1(C)OCCC1CNC(=O)C(CC(=O)O)NC(=O)OCC1c2ccccc2-c2ccccc21. The first-order valence-electron chi connectivity index (χ1n) is 11.5. The first-order chi connectivity index (χ1) is 16.3. The van der Waals surface area contributed by atoms with Crippen LogP contribution >= 0.6 is 0 Å². The van der Waals surface area contributed by atoms with Gasteiger partial charge in [-0.3, -0.25) is 9.59 Å². The molecule has 34 heavy (non-hydrogen) atoms. The van der Waals surface area contributed by atoms with Crippen LogP contribution in [0.15, 0.2) is 48.5 Å². The molecule has 2 aromatic rings. The highest BCUT2D eigenvalue weighted by Gasteiger charge is 2.36. The molecule has 2 atom stereocenters. The molecule has 8 nitrogen and oxygen atoms in total. The summed E-state index contributed by atoms with van der Waals surface area (Å²) in [4.78, 5) is 36.6. The maximum atomic E-state index is 12.7. The second-order valence-electron chi connectivity index (χ2n) is 9.30. The number of aliphatic carboxylic acids is 1. The van der Waals surface area contributed by atoms with Crippen molar-refractivity contribution in [2.45, 2.75) is 44.2 Å². The number of hydrogen-bond acceptors (Lipinski definition) is 5. The lowest BCUT2D eigenvalue weighted by atomic mass is 9.91. The summed E-state index contributed by atoms with van der Waals surface area (Å²) in [6.45, 7) is 4.95. The number of nitrogens with one attached hydrogen (secondary N) is 2. The summed E-state index contributed by atoms with van der Waals surface area (Å²) >= 11 is 0. The predicted octanol–water partition coefficient (Wildman–Crippen LogP) is 3.30. The van der Waals surface area contributed by atoms with E-state index >= 15 is 0 Å². The monoisotopic (exact) mass is 466 g/mol. The van der Waals surface area contributed by atoms with Gasteiger partial charge in [0.05, 0.1) is 12.0 Å². The van der Waals surface area contributed by atoms with Crippen molar-refractivity contribution in [1.29, 1.82) is 0 Å². The van der Waals surface area contributed by atoms with Gasteiger partial charge < -0.3 is 25.2 Å². The third-order valence-corrected chi connectivity index (χ3v) is 6.78. The zero-order chi connectivity index (χ0) is 24.3. The van der Waals surface area contributed by atoms with Crippen LogP contribution in [0.4, 0.5) is 4.79 Å². The third kappa shape index (κ3) is 5.07. The molecule has 0 radical (unpaired) electrons. The molecule has 0 saturated carbocycles. The van der Waals surface area contributed by atoms with Crippen molar-refractivity contribution in [2.75, 3.05) is 19.8 Å². The standard InChI is InChI=1S/C26H30N2O6/c1-26(2)16(11-12-34-26)14-27-24(31)22(13-23(29)30)28-25(32)33-15-21-19-9-5-3-7-17(19)18-8-4-6-10-20(18)21/h3-10,16,21-22H,11-15H2,1-2H3,(H,27,31)(H,28,32)(H,29,30). The average molecular weight is 467 g/mol. The van der Waals surface area contributed by atoms with E-state index in [0.29, 0.717) is 13.2 Å². The fourth-order valence-corrected chi connectivity index (χ4v) is 4.79. The first kappa shape index (κ1) is 23.8. The Morgan fingerprint density at radius 3 is 2.26 bits per heavy atom. The maximum absolute atomic E-state index is 12.7. The summed E-state index contributed by atoms with van der Waals surface area (Å²) in [6.07, 6.45) is -0.565. The molecular weight excluding hydrogens is 436 g/mol. The molecule has 2 aliphatic rings. The predicted molar refractivity (Wildman–Crippen MR) is 125 cm³/mol. The Kier molecular flexibility index (Phi) is 6.88. The van der Waals surface area contributed by atoms with Crippen molar-refractivity contribution in [1.82, 2.24) is 10.6 Å². The summed E-state index contributed by atoms with van der Waals surface area (Å²) in [5.41, 5.74) is 3.98. The molecule has 1 fully saturated rings. The van der Waals surface area contributed by atoms with E-state index in [-0.39, 0.29) is 24.0 Å². The second kappa shape index (κ2) is 9.85. The number of benzene rings is 2. The lowest BCUT2D eigenvalue weighted by molar-refractivity contribution is -0.139. The van der Waals surface area contributed by atoms with Crippen LogP contribution in [0, 0.1) is 5.92 Å². The molecule has 8 heteroatoms. The molecule has 2 amide bonds.